The number of amides is 1. The molecule has 2 heterocycles. The summed E-state index contributed by atoms with van der Waals surface area (Å²) in [5.41, 5.74) is 7.07. The van der Waals surface area contributed by atoms with Gasteiger partial charge in [-0.25, -0.2) is 0 Å². The standard InChI is InChI=1S/C16H23N3OS/c1-10(2)15(14-6-5-7-21-14)18-16(20)13-8-12(17)9-19(13)11(3)4/h5-11,15H,17H2,1-4H3,(H,18,20). The van der Waals surface area contributed by atoms with Crippen LogP contribution in [0.25, 0.3) is 0 Å². The van der Waals surface area contributed by atoms with E-state index in [1.807, 2.05) is 36.1 Å². The van der Waals surface area contributed by atoms with Gasteiger partial charge in [-0.15, -0.1) is 11.3 Å². The number of nitrogens with two attached hydrogens (primary N) is 1. The molecule has 0 fully saturated rings. The smallest absolute Gasteiger partial charge is 0.268 e. The largest absolute Gasteiger partial charge is 0.397 e. The maximum atomic E-state index is 12.6. The van der Waals surface area contributed by atoms with Gasteiger partial charge >= 0.3 is 0 Å². The van der Waals surface area contributed by atoms with Crippen molar-refractivity contribution in [3.63, 3.8) is 0 Å². The van der Waals surface area contributed by atoms with Crippen molar-refractivity contribution in [2.45, 2.75) is 39.8 Å². The lowest BCUT2D eigenvalue weighted by atomic mass is 10.0. The summed E-state index contributed by atoms with van der Waals surface area (Å²) in [5.74, 6) is 0.250. The molecule has 1 amide bonds. The molecule has 2 aromatic rings. The Balaban J connectivity index is 2.24. The molecule has 21 heavy (non-hydrogen) atoms. The number of nitrogens with zero attached hydrogens (tertiary/aromatic N) is 1. The van der Waals surface area contributed by atoms with E-state index in [1.54, 1.807) is 17.4 Å². The molecular formula is C16H23N3OS. The third-order valence-electron chi connectivity index (χ3n) is 3.46. The Bertz CT molecular complexity index is 599. The minimum Gasteiger partial charge on any atom is -0.397 e. The molecule has 2 rings (SSSR count). The van der Waals surface area contributed by atoms with Crippen LogP contribution in [0, 0.1) is 5.92 Å². The molecule has 114 valence electrons. The van der Waals surface area contributed by atoms with E-state index < -0.39 is 0 Å². The average molecular weight is 305 g/mol. The average Bonchev–Trinajstić information content (AvgIpc) is 3.04. The number of hydrogen-bond donors (Lipinski definition) is 2. The van der Waals surface area contributed by atoms with Crippen LogP contribution in [0.15, 0.2) is 29.8 Å². The topological polar surface area (TPSA) is 60.1 Å². The van der Waals surface area contributed by atoms with Crippen molar-refractivity contribution < 1.29 is 4.79 Å². The van der Waals surface area contributed by atoms with Crippen molar-refractivity contribution >= 4 is 22.9 Å². The summed E-state index contributed by atoms with van der Waals surface area (Å²) in [6.07, 6.45) is 1.81. The Kier molecular flexibility index (Phi) is 4.73. The summed E-state index contributed by atoms with van der Waals surface area (Å²) in [6, 6.07) is 6.03. The number of aromatic nitrogens is 1. The summed E-state index contributed by atoms with van der Waals surface area (Å²) < 4.78 is 1.91. The Hall–Kier alpha value is -1.75. The fourth-order valence-electron chi connectivity index (χ4n) is 2.36. The van der Waals surface area contributed by atoms with Gasteiger partial charge in [0.1, 0.15) is 5.69 Å². The zero-order valence-electron chi connectivity index (χ0n) is 13.0. The maximum Gasteiger partial charge on any atom is 0.268 e. The molecule has 0 bridgehead atoms. The third-order valence-corrected chi connectivity index (χ3v) is 4.42. The summed E-state index contributed by atoms with van der Waals surface area (Å²) in [6.45, 7) is 8.30. The maximum absolute atomic E-state index is 12.6. The highest BCUT2D eigenvalue weighted by Crippen LogP contribution is 2.26. The first-order valence-electron chi connectivity index (χ1n) is 7.21. The van der Waals surface area contributed by atoms with Gasteiger partial charge in [-0.1, -0.05) is 19.9 Å². The molecule has 4 nitrogen and oxygen atoms in total. The highest BCUT2D eigenvalue weighted by Gasteiger charge is 2.22. The lowest BCUT2D eigenvalue weighted by Crippen LogP contribution is -2.32. The van der Waals surface area contributed by atoms with Crippen molar-refractivity contribution in [1.82, 2.24) is 9.88 Å². The van der Waals surface area contributed by atoms with Crippen LogP contribution in [0.2, 0.25) is 0 Å². The molecule has 2 aromatic heterocycles. The van der Waals surface area contributed by atoms with Gasteiger partial charge in [0.25, 0.3) is 5.91 Å². The van der Waals surface area contributed by atoms with E-state index in [0.717, 1.165) is 0 Å². The molecule has 3 N–H and O–H groups in total. The van der Waals surface area contributed by atoms with E-state index in [2.05, 4.69) is 25.2 Å². The summed E-state index contributed by atoms with van der Waals surface area (Å²) in [5, 5.41) is 5.17. The zero-order valence-corrected chi connectivity index (χ0v) is 13.8. The van der Waals surface area contributed by atoms with E-state index in [-0.39, 0.29) is 18.0 Å². The van der Waals surface area contributed by atoms with Gasteiger partial charge in [-0.3, -0.25) is 4.79 Å². The quantitative estimate of drug-likeness (QED) is 0.881. The molecule has 5 heteroatoms. The van der Waals surface area contributed by atoms with Gasteiger partial charge in [0.05, 0.1) is 11.7 Å². The molecule has 0 radical (unpaired) electrons. The molecule has 0 spiro atoms. The number of carbonyl (C=O) groups excluding carboxylic acids is 1. The van der Waals surface area contributed by atoms with Crippen LogP contribution in [-0.2, 0) is 0 Å². The van der Waals surface area contributed by atoms with Crippen LogP contribution in [0.4, 0.5) is 5.69 Å². The lowest BCUT2D eigenvalue weighted by molar-refractivity contribution is 0.0915. The SMILES string of the molecule is CC(C)C(NC(=O)c1cc(N)cn1C(C)C)c1cccs1. The van der Waals surface area contributed by atoms with E-state index in [1.165, 1.54) is 4.88 Å². The first kappa shape index (κ1) is 15.6. The van der Waals surface area contributed by atoms with Crippen LogP contribution < -0.4 is 11.1 Å². The van der Waals surface area contributed by atoms with Crippen molar-refractivity contribution in [3.8, 4) is 0 Å². The van der Waals surface area contributed by atoms with Crippen LogP contribution >= 0.6 is 11.3 Å². The predicted molar refractivity (Wildman–Crippen MR) is 88.6 cm³/mol. The first-order valence-corrected chi connectivity index (χ1v) is 8.09. The Labute approximate surface area is 130 Å². The lowest BCUT2D eigenvalue weighted by Gasteiger charge is -2.22. The number of nitrogen functional groups attached to an aromatic ring is 1. The Morgan fingerprint density at radius 1 is 1.33 bits per heavy atom. The number of anilines is 1. The molecule has 0 saturated heterocycles. The number of rotatable bonds is 5. The second-order valence-electron chi connectivity index (χ2n) is 5.87. The normalized spacial score (nSPS) is 12.9. The van der Waals surface area contributed by atoms with Crippen LogP contribution in [0.1, 0.15) is 55.1 Å². The van der Waals surface area contributed by atoms with Gasteiger partial charge in [0.15, 0.2) is 0 Å². The Morgan fingerprint density at radius 2 is 2.05 bits per heavy atom. The van der Waals surface area contributed by atoms with Crippen LogP contribution in [0.3, 0.4) is 0 Å². The second kappa shape index (κ2) is 6.35. The van der Waals surface area contributed by atoms with E-state index in [0.29, 0.717) is 17.3 Å². The van der Waals surface area contributed by atoms with Crippen molar-refractivity contribution in [2.75, 3.05) is 5.73 Å². The summed E-state index contributed by atoms with van der Waals surface area (Å²) in [7, 11) is 0. The highest BCUT2D eigenvalue weighted by atomic mass is 32.1. The third kappa shape index (κ3) is 3.47. The van der Waals surface area contributed by atoms with Crippen molar-refractivity contribution in [3.05, 3.63) is 40.3 Å². The Morgan fingerprint density at radius 3 is 2.57 bits per heavy atom. The van der Waals surface area contributed by atoms with Gasteiger partial charge in [0.2, 0.25) is 0 Å². The summed E-state index contributed by atoms with van der Waals surface area (Å²) in [4.78, 5) is 13.8. The van der Waals surface area contributed by atoms with Gasteiger partial charge in [-0.05, 0) is 37.3 Å². The fraction of sp³-hybridized carbons (Fsp3) is 0.438. The zero-order chi connectivity index (χ0) is 15.6. The van der Waals surface area contributed by atoms with E-state index in [9.17, 15) is 4.79 Å². The van der Waals surface area contributed by atoms with Gasteiger partial charge in [-0.2, -0.15) is 0 Å². The molecular weight excluding hydrogens is 282 g/mol. The van der Waals surface area contributed by atoms with Gasteiger partial charge in [0, 0.05) is 17.1 Å². The molecule has 0 aliphatic rings. The van der Waals surface area contributed by atoms with Crippen molar-refractivity contribution in [1.29, 1.82) is 0 Å². The predicted octanol–water partition coefficient (Wildman–Crippen LogP) is 3.84. The molecule has 1 atom stereocenters. The molecule has 0 aliphatic carbocycles. The van der Waals surface area contributed by atoms with E-state index >= 15 is 0 Å². The van der Waals surface area contributed by atoms with Crippen LogP contribution in [-0.4, -0.2) is 10.5 Å². The van der Waals surface area contributed by atoms with Crippen LogP contribution in [0.5, 0.6) is 0 Å². The van der Waals surface area contributed by atoms with Gasteiger partial charge < -0.3 is 15.6 Å². The second-order valence-corrected chi connectivity index (χ2v) is 6.85. The fourth-order valence-corrected chi connectivity index (χ4v) is 3.31. The van der Waals surface area contributed by atoms with Crippen molar-refractivity contribution in [2.24, 2.45) is 5.92 Å². The molecule has 0 aliphatic heterocycles. The molecule has 0 aromatic carbocycles. The minimum atomic E-state index is -0.0764. The van der Waals surface area contributed by atoms with E-state index in [4.69, 9.17) is 5.73 Å². The molecule has 0 saturated carbocycles. The monoisotopic (exact) mass is 305 g/mol. The molecule has 1 unspecified atom stereocenters. The number of nitrogens with one attached hydrogen (secondary N) is 1. The number of thiophene rings is 1. The minimum absolute atomic E-state index is 0.0224. The first-order chi connectivity index (χ1) is 9.90. The summed E-state index contributed by atoms with van der Waals surface area (Å²) >= 11 is 1.67. The highest BCUT2D eigenvalue weighted by molar-refractivity contribution is 7.10. The number of carbonyl (C=O) groups is 1. The number of hydrogen-bond acceptors (Lipinski definition) is 3.